The summed E-state index contributed by atoms with van der Waals surface area (Å²) in [6, 6.07) is 25.8. The van der Waals surface area contributed by atoms with Crippen LogP contribution in [0.1, 0.15) is 154 Å². The van der Waals surface area contributed by atoms with Crippen LogP contribution in [0.5, 0.6) is 0 Å². The van der Waals surface area contributed by atoms with Crippen LogP contribution in [-0.4, -0.2) is 436 Å². The molecule has 0 bridgehead atoms. The van der Waals surface area contributed by atoms with Gasteiger partial charge in [0.2, 0.25) is 0 Å². The Morgan fingerprint density at radius 1 is 0.450 bits per heavy atom. The zero-order valence-corrected chi connectivity index (χ0v) is 82.1. The van der Waals surface area contributed by atoms with E-state index < -0.39 is 35.3 Å². The number of aliphatic hydroxyl groups excluding tert-OH is 1. The molecular weight excluding hydrogens is 1680 g/mol. The molecule has 0 unspecified atom stereocenters. The largest absolute Gasteiger partial charge is 0.447 e. The number of hydrogen-bond acceptors (Lipinski definition) is 26. The highest BCUT2D eigenvalue weighted by molar-refractivity contribution is 7.90. The lowest BCUT2D eigenvalue weighted by atomic mass is 10.0. The van der Waals surface area contributed by atoms with Crippen molar-refractivity contribution < 1.29 is 62.7 Å². The number of ether oxygens (including phenoxy) is 1. The number of oxazole rings is 2. The zero-order chi connectivity index (χ0) is 94.2. The van der Waals surface area contributed by atoms with Crippen LogP contribution in [0, 0.1) is 11.3 Å². The summed E-state index contributed by atoms with van der Waals surface area (Å²) in [6.45, 7) is 34.2. The Morgan fingerprint density at radius 3 is 1.14 bits per heavy atom. The molecule has 2 aromatic carbocycles. The molecule has 34 heteroatoms. The number of rotatable bonds is 32. The van der Waals surface area contributed by atoms with Crippen LogP contribution < -0.4 is 4.90 Å². The Labute approximate surface area is 772 Å². The van der Waals surface area contributed by atoms with E-state index in [4.69, 9.17) is 23.7 Å². The number of halogens is 7. The SMILES string of the molecule is CCN(CCC#N)C1CCN(C)CC1.CCN(CCS(C)(=O)=O)C1CCN(C)CC1.CCN(Cc1cnco1)C1CCN(C)CC1.CCN(OC)C1CCN(C)CC1.CN1CCC(N(CC(F)(F)F)C2COC2)CC1.CN1CCC(N(CCF)Cc2cnco2)CC1.CN1CCC(N(CCO)c2ccccc2)CC1.CN1CCC(N(Cc2ccccc2)CC(F)(F)F)CC1. The number of piperidine rings is 8. The van der Waals surface area contributed by atoms with Crippen molar-refractivity contribution in [2.75, 3.05) is 277 Å². The summed E-state index contributed by atoms with van der Waals surface area (Å²) in [7, 11) is 16.0. The van der Waals surface area contributed by atoms with Crippen molar-refractivity contribution in [3.8, 4) is 6.07 Å². The summed E-state index contributed by atoms with van der Waals surface area (Å²) in [4.78, 5) is 46.7. The highest BCUT2D eigenvalue weighted by Gasteiger charge is 2.41. The normalized spacial score (nSPS) is 20.3. The molecule has 0 atom stereocenters. The van der Waals surface area contributed by atoms with Gasteiger partial charge < -0.3 is 67.6 Å². The average molecular weight is 1850 g/mol. The van der Waals surface area contributed by atoms with E-state index >= 15 is 0 Å². The summed E-state index contributed by atoms with van der Waals surface area (Å²) in [5.41, 5.74) is 2.17. The van der Waals surface area contributed by atoms with E-state index in [0.717, 1.165) is 180 Å². The molecule has 11 heterocycles. The number of benzene rings is 2. The zero-order valence-electron chi connectivity index (χ0n) is 81.3. The first-order valence-electron chi connectivity index (χ1n) is 48.0. The molecule has 9 fully saturated rings. The third-order valence-corrected chi connectivity index (χ3v) is 27.9. The quantitative estimate of drug-likeness (QED) is 0.0357. The summed E-state index contributed by atoms with van der Waals surface area (Å²) >= 11 is 0. The number of nitrogens with zero attached hydrogens (tertiary/aromatic N) is 19. The number of para-hydroxylation sites is 1. The minimum atomic E-state index is -4.14. The van der Waals surface area contributed by atoms with Gasteiger partial charge in [-0.25, -0.2) is 22.8 Å². The van der Waals surface area contributed by atoms with Crippen LogP contribution >= 0.6 is 0 Å². The maximum Gasteiger partial charge on any atom is 0.401 e. The van der Waals surface area contributed by atoms with Gasteiger partial charge in [0, 0.05) is 106 Å². The monoisotopic (exact) mass is 1850 g/mol. The molecule has 26 nitrogen and oxygen atoms in total. The molecule has 0 radical (unpaired) electrons. The molecule has 9 aliphatic rings. The number of hydrogen-bond donors (Lipinski definition) is 1. The molecule has 0 saturated carbocycles. The van der Waals surface area contributed by atoms with Gasteiger partial charge in [-0.3, -0.25) is 29.4 Å². The Hall–Kier alpha value is -5.11. The van der Waals surface area contributed by atoms with Crippen LogP contribution in [0.3, 0.4) is 0 Å². The van der Waals surface area contributed by atoms with Crippen LogP contribution in [0.25, 0.3) is 0 Å². The van der Waals surface area contributed by atoms with Crippen molar-refractivity contribution in [2.45, 2.75) is 223 Å². The van der Waals surface area contributed by atoms with Crippen LogP contribution in [-0.2, 0) is 39.0 Å². The van der Waals surface area contributed by atoms with Gasteiger partial charge in [0.1, 0.15) is 28.0 Å². The van der Waals surface area contributed by atoms with Crippen molar-refractivity contribution in [2.24, 2.45) is 0 Å². The van der Waals surface area contributed by atoms with E-state index in [1.165, 1.54) is 115 Å². The van der Waals surface area contributed by atoms with Crippen molar-refractivity contribution in [3.63, 3.8) is 0 Å². The van der Waals surface area contributed by atoms with Gasteiger partial charge in [-0.05, 0) is 301 Å². The third kappa shape index (κ3) is 45.4. The van der Waals surface area contributed by atoms with Gasteiger partial charge in [-0.1, -0.05) is 76.2 Å². The number of sulfone groups is 1. The number of aliphatic hydroxyl groups is 1. The highest BCUT2D eigenvalue weighted by atomic mass is 32.2. The van der Waals surface area contributed by atoms with Gasteiger partial charge in [-0.15, -0.1) is 0 Å². The topological polar surface area (TPSA) is 201 Å². The van der Waals surface area contributed by atoms with Crippen molar-refractivity contribution in [1.29, 1.82) is 5.26 Å². The van der Waals surface area contributed by atoms with Gasteiger partial charge >= 0.3 is 12.4 Å². The Morgan fingerprint density at radius 2 is 0.806 bits per heavy atom. The van der Waals surface area contributed by atoms with Crippen LogP contribution in [0.2, 0.25) is 0 Å². The maximum atomic E-state index is 12.8. The molecule has 740 valence electrons. The molecule has 4 aromatic rings. The predicted octanol–water partition coefficient (Wildman–Crippen LogP) is 11.9. The molecule has 129 heavy (non-hydrogen) atoms. The van der Waals surface area contributed by atoms with E-state index in [1.54, 1.807) is 23.1 Å². The molecule has 0 spiro atoms. The van der Waals surface area contributed by atoms with Crippen molar-refractivity contribution >= 4 is 15.5 Å². The number of aromatic nitrogens is 2. The minimum Gasteiger partial charge on any atom is -0.447 e. The first kappa shape index (κ1) is 113. The molecule has 13 rings (SSSR count). The lowest BCUT2D eigenvalue weighted by molar-refractivity contribution is -0.180. The van der Waals surface area contributed by atoms with Crippen molar-refractivity contribution in [3.05, 3.63) is 103 Å². The van der Waals surface area contributed by atoms with Gasteiger partial charge in [-0.2, -0.15) is 36.7 Å². The number of nitriles is 1. The number of hydroxylamine groups is 2. The van der Waals surface area contributed by atoms with E-state index in [0.29, 0.717) is 82.1 Å². The standard InChI is InChI=1S/C15H21F3N2.C14H22N2O.C12H20FN3O.C12H21N3O.C11H19F3N2O.C11H21N3.C11H24N2O2S.C9H20N2O/c1-19-9-7-14(8-10-19)20(12-15(16,17)18)11-13-5-3-2-4-6-13;1-15-9-7-14(8-10-15)16(11-12-17)13-5-3-2-4-6-13;1-15-5-2-11(3-6-15)16(7-4-13)9-12-8-14-10-17-12;1-3-15(9-12-8-13-10-16-12)11-4-6-14(2)7-5-11;1-15-4-2-9(3-5-15)16(8-11(12,13)14)10-6-17-7-10;1-3-14(8-4-7-12)11-5-9-13(2)10-6-11;1-4-13(9-10-16(3,14)15)11-5-7-12(2)8-6-11;1-4-11(12-3)9-5-7-10(2)8-6-9/h2-6,14H,7-12H2,1H3;2-6,14,17H,7-12H2,1H3;8,10-11H,2-7,9H2,1H3;8,10-11H,3-7,9H2,1-2H3;9-10H,2-8H2,1H3;11H,3-6,8-10H2,1-2H3;11H,4-10H2,1-3H3;9H,4-8H2,1-3H3. The third-order valence-electron chi connectivity index (χ3n) is 27.0. The van der Waals surface area contributed by atoms with Crippen molar-refractivity contribution in [1.82, 2.24) is 83.6 Å². The van der Waals surface area contributed by atoms with Gasteiger partial charge in [0.15, 0.2) is 12.8 Å². The molecule has 9 saturated heterocycles. The predicted molar refractivity (Wildman–Crippen MR) is 505 cm³/mol. The van der Waals surface area contributed by atoms with Crippen LogP contribution in [0.4, 0.5) is 36.4 Å². The maximum absolute atomic E-state index is 12.8. The van der Waals surface area contributed by atoms with E-state index in [9.17, 15) is 44.3 Å². The second-order valence-corrected chi connectivity index (χ2v) is 39.1. The summed E-state index contributed by atoms with van der Waals surface area (Å²) in [6.07, 6.45) is 17.9. The summed E-state index contributed by atoms with van der Waals surface area (Å²) < 4.78 is 127. The van der Waals surface area contributed by atoms with Gasteiger partial charge in [0.05, 0.1) is 83.4 Å². The molecule has 1 N–H and O–H groups in total. The Kier molecular flexibility index (Phi) is 54.0. The highest BCUT2D eigenvalue weighted by Crippen LogP contribution is 2.30. The first-order chi connectivity index (χ1) is 61.8. The number of alkyl halides is 7. The molecule has 9 aliphatic heterocycles. The molecular formula is C95H168F7N19O7S. The second kappa shape index (κ2) is 61.8. The fourth-order valence-corrected chi connectivity index (χ4v) is 19.3. The average Bonchev–Trinajstić information content (AvgIpc) is 1.09. The second-order valence-electron chi connectivity index (χ2n) is 36.9. The van der Waals surface area contributed by atoms with E-state index in [1.807, 2.05) is 56.7 Å². The molecule has 2 aromatic heterocycles. The molecule has 0 aliphatic carbocycles. The summed E-state index contributed by atoms with van der Waals surface area (Å²) in [5.74, 6) is 2.07. The minimum absolute atomic E-state index is 0.0213. The Balaban J connectivity index is 0.000000228. The Bertz CT molecular complexity index is 3550. The fourth-order valence-electron chi connectivity index (χ4n) is 18.8. The van der Waals surface area contributed by atoms with E-state index in [2.05, 4.69) is 179 Å². The van der Waals surface area contributed by atoms with Gasteiger partial charge in [0.25, 0.3) is 0 Å². The molecule has 0 amide bonds. The van der Waals surface area contributed by atoms with Crippen LogP contribution in [0.15, 0.2) is 94.7 Å². The first-order valence-corrected chi connectivity index (χ1v) is 50.1. The fraction of sp³-hybridized carbons (Fsp3) is 0.800. The number of likely N-dealkylation sites (tertiary alicyclic amines) is 8. The lowest BCUT2D eigenvalue weighted by Gasteiger charge is -2.44. The lowest BCUT2D eigenvalue weighted by Crippen LogP contribution is -2.58. The number of anilines is 1. The smallest absolute Gasteiger partial charge is 0.401 e. The summed E-state index contributed by atoms with van der Waals surface area (Å²) in [5, 5.41) is 19.9. The van der Waals surface area contributed by atoms with E-state index in [-0.39, 0.29) is 37.2 Å².